The molecular weight excluding hydrogens is 288 g/mol. The summed E-state index contributed by atoms with van der Waals surface area (Å²) < 4.78 is 5.45. The number of nitrogens with zero attached hydrogens (tertiary/aromatic N) is 1. The Morgan fingerprint density at radius 1 is 1.30 bits per heavy atom. The monoisotopic (exact) mass is 316 g/mol. The fourth-order valence-corrected chi connectivity index (χ4v) is 4.08. The summed E-state index contributed by atoms with van der Waals surface area (Å²) in [6.07, 6.45) is 4.31. The van der Waals surface area contributed by atoms with Gasteiger partial charge in [0.25, 0.3) is 0 Å². The predicted molar refractivity (Wildman–Crippen MR) is 91.1 cm³/mol. The molecule has 0 bridgehead atoms. The number of hydrogen-bond acceptors (Lipinski definition) is 3. The average Bonchev–Trinajstić information content (AvgIpc) is 3.17. The van der Waals surface area contributed by atoms with Crippen molar-refractivity contribution in [1.29, 1.82) is 0 Å². The highest BCUT2D eigenvalue weighted by Crippen LogP contribution is 2.44. The van der Waals surface area contributed by atoms with Gasteiger partial charge in [-0.15, -0.1) is 0 Å². The lowest BCUT2D eigenvalue weighted by Crippen LogP contribution is -2.38. The zero-order chi connectivity index (χ0) is 16.1. The molecule has 0 unspecified atom stereocenters. The first-order valence-corrected chi connectivity index (χ1v) is 8.97. The van der Waals surface area contributed by atoms with Crippen molar-refractivity contribution in [3.63, 3.8) is 0 Å². The largest absolute Gasteiger partial charge is 0.380 e. The predicted octanol–water partition coefficient (Wildman–Crippen LogP) is 2.75. The maximum absolute atomic E-state index is 12.6. The Hall–Kier alpha value is -1.39. The summed E-state index contributed by atoms with van der Waals surface area (Å²) in [5.74, 6) is 0.328. The molecule has 3 rings (SSSR count). The lowest BCUT2D eigenvalue weighted by atomic mass is 9.93. The molecule has 2 aliphatic heterocycles. The van der Waals surface area contributed by atoms with Crippen LogP contribution in [-0.4, -0.2) is 43.2 Å². The number of hydrogen-bond donors (Lipinski definition) is 1. The number of benzene rings is 1. The quantitative estimate of drug-likeness (QED) is 0.787. The second-order valence-electron chi connectivity index (χ2n) is 6.62. The molecule has 126 valence electrons. The highest BCUT2D eigenvalue weighted by Gasteiger charge is 2.46. The van der Waals surface area contributed by atoms with Crippen LogP contribution < -0.4 is 5.32 Å². The topological polar surface area (TPSA) is 41.6 Å². The van der Waals surface area contributed by atoms with Gasteiger partial charge in [-0.25, -0.2) is 0 Å². The van der Waals surface area contributed by atoms with E-state index in [1.807, 2.05) is 0 Å². The van der Waals surface area contributed by atoms with Gasteiger partial charge in [0.15, 0.2) is 0 Å². The van der Waals surface area contributed by atoms with E-state index >= 15 is 0 Å². The first kappa shape index (κ1) is 16.5. The van der Waals surface area contributed by atoms with Gasteiger partial charge in [0.2, 0.25) is 5.91 Å². The number of nitrogens with one attached hydrogen (secondary N) is 1. The summed E-state index contributed by atoms with van der Waals surface area (Å²) in [7, 11) is 0. The molecule has 0 saturated carbocycles. The van der Waals surface area contributed by atoms with E-state index in [1.165, 1.54) is 12.0 Å². The van der Waals surface area contributed by atoms with Crippen molar-refractivity contribution in [3.8, 4) is 0 Å². The SMILES string of the molecule is CCCOCCNC(=O)[C@H]1C[C@@H](c2ccccc2)N2CCC[C@H]12. The van der Waals surface area contributed by atoms with Crippen LogP contribution in [0.5, 0.6) is 0 Å². The van der Waals surface area contributed by atoms with Crippen LogP contribution in [0.2, 0.25) is 0 Å². The Morgan fingerprint density at radius 2 is 2.13 bits per heavy atom. The third-order valence-electron chi connectivity index (χ3n) is 5.10. The van der Waals surface area contributed by atoms with Crippen LogP contribution in [0, 0.1) is 5.92 Å². The van der Waals surface area contributed by atoms with Gasteiger partial charge >= 0.3 is 0 Å². The van der Waals surface area contributed by atoms with Crippen LogP contribution in [0.4, 0.5) is 0 Å². The van der Waals surface area contributed by atoms with Gasteiger partial charge in [-0.2, -0.15) is 0 Å². The molecule has 2 heterocycles. The van der Waals surface area contributed by atoms with Gasteiger partial charge in [0.1, 0.15) is 0 Å². The van der Waals surface area contributed by atoms with E-state index in [0.717, 1.165) is 32.4 Å². The molecule has 1 aromatic rings. The summed E-state index contributed by atoms with van der Waals surface area (Å²) in [4.78, 5) is 15.2. The van der Waals surface area contributed by atoms with Crippen LogP contribution in [0.25, 0.3) is 0 Å². The Bertz CT molecular complexity index is 505. The number of fused-ring (bicyclic) bond motifs is 1. The van der Waals surface area contributed by atoms with Crippen molar-refractivity contribution in [1.82, 2.24) is 10.2 Å². The van der Waals surface area contributed by atoms with Crippen LogP contribution >= 0.6 is 0 Å². The molecule has 0 spiro atoms. The number of carbonyl (C=O) groups excluding carboxylic acids is 1. The molecule has 0 radical (unpaired) electrons. The number of carbonyl (C=O) groups is 1. The summed E-state index contributed by atoms with van der Waals surface area (Å²) in [6.45, 7) is 5.22. The van der Waals surface area contributed by atoms with Gasteiger partial charge in [-0.3, -0.25) is 9.69 Å². The number of ether oxygens (including phenoxy) is 1. The lowest BCUT2D eigenvalue weighted by Gasteiger charge is -2.24. The Morgan fingerprint density at radius 3 is 2.91 bits per heavy atom. The molecule has 0 aromatic heterocycles. The van der Waals surface area contributed by atoms with Crippen molar-refractivity contribution < 1.29 is 9.53 Å². The fraction of sp³-hybridized carbons (Fsp3) is 0.632. The molecule has 4 nitrogen and oxygen atoms in total. The first-order chi connectivity index (χ1) is 11.3. The van der Waals surface area contributed by atoms with Crippen LogP contribution in [-0.2, 0) is 9.53 Å². The Labute approximate surface area is 139 Å². The van der Waals surface area contributed by atoms with E-state index < -0.39 is 0 Å². The van der Waals surface area contributed by atoms with Crippen LogP contribution in [0.1, 0.15) is 44.2 Å². The van der Waals surface area contributed by atoms with Gasteiger partial charge in [0, 0.05) is 25.2 Å². The molecule has 1 amide bonds. The summed E-state index contributed by atoms with van der Waals surface area (Å²) in [6, 6.07) is 11.4. The van der Waals surface area contributed by atoms with Crippen molar-refractivity contribution in [2.75, 3.05) is 26.3 Å². The van der Waals surface area contributed by atoms with E-state index in [0.29, 0.717) is 25.2 Å². The van der Waals surface area contributed by atoms with Crippen LogP contribution in [0.15, 0.2) is 30.3 Å². The highest BCUT2D eigenvalue weighted by molar-refractivity contribution is 5.80. The third-order valence-corrected chi connectivity index (χ3v) is 5.10. The average molecular weight is 316 g/mol. The van der Waals surface area contributed by atoms with Crippen molar-refractivity contribution in [3.05, 3.63) is 35.9 Å². The van der Waals surface area contributed by atoms with Gasteiger partial charge in [-0.1, -0.05) is 37.3 Å². The molecule has 2 fully saturated rings. The second-order valence-corrected chi connectivity index (χ2v) is 6.62. The smallest absolute Gasteiger partial charge is 0.224 e. The molecule has 1 N–H and O–H groups in total. The molecule has 2 aliphatic rings. The molecular formula is C19H28N2O2. The van der Waals surface area contributed by atoms with E-state index in [1.54, 1.807) is 0 Å². The second kappa shape index (κ2) is 7.93. The van der Waals surface area contributed by atoms with Gasteiger partial charge in [0.05, 0.1) is 12.5 Å². The third kappa shape index (κ3) is 3.75. The normalized spacial score (nSPS) is 27.1. The summed E-state index contributed by atoms with van der Waals surface area (Å²) in [5.41, 5.74) is 1.35. The van der Waals surface area contributed by atoms with Crippen molar-refractivity contribution >= 4 is 5.91 Å². The number of rotatable bonds is 7. The first-order valence-electron chi connectivity index (χ1n) is 8.97. The number of amides is 1. The molecule has 23 heavy (non-hydrogen) atoms. The summed E-state index contributed by atoms with van der Waals surface area (Å²) in [5, 5.41) is 3.08. The summed E-state index contributed by atoms with van der Waals surface area (Å²) >= 11 is 0. The van der Waals surface area contributed by atoms with E-state index in [4.69, 9.17) is 4.74 Å². The van der Waals surface area contributed by atoms with E-state index in [9.17, 15) is 4.79 Å². The zero-order valence-electron chi connectivity index (χ0n) is 14.0. The molecule has 4 heteroatoms. The Balaban J connectivity index is 1.58. The molecule has 3 atom stereocenters. The molecule has 2 saturated heterocycles. The lowest BCUT2D eigenvalue weighted by molar-refractivity contribution is -0.125. The minimum atomic E-state index is 0.119. The van der Waals surface area contributed by atoms with Crippen molar-refractivity contribution in [2.24, 2.45) is 5.92 Å². The molecule has 0 aliphatic carbocycles. The minimum Gasteiger partial charge on any atom is -0.380 e. The van der Waals surface area contributed by atoms with Gasteiger partial charge in [-0.05, 0) is 37.8 Å². The molecule has 1 aromatic carbocycles. The standard InChI is InChI=1S/C19H28N2O2/c1-2-12-23-13-10-20-19(22)16-14-18(15-7-4-3-5-8-15)21-11-6-9-17(16)21/h3-5,7-8,16-18H,2,6,9-14H2,1H3,(H,20,22)/t16-,17+,18-/m0/s1. The maximum Gasteiger partial charge on any atom is 0.224 e. The van der Waals surface area contributed by atoms with Gasteiger partial charge < -0.3 is 10.1 Å². The maximum atomic E-state index is 12.6. The Kier molecular flexibility index (Phi) is 5.68. The minimum absolute atomic E-state index is 0.119. The van der Waals surface area contributed by atoms with Crippen molar-refractivity contribution in [2.45, 2.75) is 44.7 Å². The van der Waals surface area contributed by atoms with E-state index in [2.05, 4.69) is 47.5 Å². The highest BCUT2D eigenvalue weighted by atomic mass is 16.5. The van der Waals surface area contributed by atoms with Crippen LogP contribution in [0.3, 0.4) is 0 Å². The van der Waals surface area contributed by atoms with E-state index in [-0.39, 0.29) is 11.8 Å². The fourth-order valence-electron chi connectivity index (χ4n) is 4.08. The zero-order valence-corrected chi connectivity index (χ0v) is 14.0.